The monoisotopic (exact) mass is 341 g/mol. The number of amides is 1. The van der Waals surface area contributed by atoms with Gasteiger partial charge in [-0.05, 0) is 30.4 Å². The summed E-state index contributed by atoms with van der Waals surface area (Å²) in [5.74, 6) is 1.06. The van der Waals surface area contributed by atoms with Crippen molar-refractivity contribution in [1.82, 2.24) is 4.90 Å². The number of ether oxygens (including phenoxy) is 1. The highest BCUT2D eigenvalue weighted by Gasteiger charge is 2.27. The molecule has 2 aromatic rings. The smallest absolute Gasteiger partial charge is 0.255 e. The van der Waals surface area contributed by atoms with E-state index in [1.165, 1.54) is 5.56 Å². The Morgan fingerprint density at radius 3 is 2.71 bits per heavy atom. The van der Waals surface area contributed by atoms with Crippen molar-refractivity contribution in [3.05, 3.63) is 65.2 Å². The Kier molecular flexibility index (Phi) is 5.59. The fourth-order valence-electron chi connectivity index (χ4n) is 2.91. The van der Waals surface area contributed by atoms with Gasteiger partial charge in [-0.3, -0.25) is 4.79 Å². The molecule has 4 heteroatoms. The number of carbonyl (C=O) groups is 1. The third-order valence-electron chi connectivity index (χ3n) is 4.22. The zero-order chi connectivity index (χ0) is 16.9. The molecule has 2 aromatic carbocycles. The van der Waals surface area contributed by atoms with Gasteiger partial charge in [-0.25, -0.2) is 0 Å². The first kappa shape index (κ1) is 17.1. The van der Waals surface area contributed by atoms with Gasteiger partial charge in [0, 0.05) is 11.4 Å². The minimum atomic E-state index is -0.0470. The van der Waals surface area contributed by atoms with Gasteiger partial charge in [-0.1, -0.05) is 48.9 Å². The van der Waals surface area contributed by atoms with Crippen LogP contribution in [0.5, 0.6) is 0 Å². The van der Waals surface area contributed by atoms with Gasteiger partial charge in [0.15, 0.2) is 0 Å². The summed E-state index contributed by atoms with van der Waals surface area (Å²) in [5.41, 5.74) is 3.16. The first-order valence-corrected chi connectivity index (χ1v) is 9.37. The van der Waals surface area contributed by atoms with Crippen molar-refractivity contribution in [3.63, 3.8) is 0 Å². The summed E-state index contributed by atoms with van der Waals surface area (Å²) in [7, 11) is 0. The third-order valence-corrected chi connectivity index (χ3v) is 5.18. The van der Waals surface area contributed by atoms with Crippen LogP contribution in [0.1, 0.15) is 34.5 Å². The zero-order valence-electron chi connectivity index (χ0n) is 14.2. The zero-order valence-corrected chi connectivity index (χ0v) is 15.0. The van der Waals surface area contributed by atoms with E-state index in [4.69, 9.17) is 4.74 Å². The quantitative estimate of drug-likeness (QED) is 0.776. The van der Waals surface area contributed by atoms with Crippen molar-refractivity contribution in [3.8, 4) is 0 Å². The highest BCUT2D eigenvalue weighted by atomic mass is 32.2. The lowest BCUT2D eigenvalue weighted by Crippen LogP contribution is -2.42. The average molecular weight is 341 g/mol. The maximum Gasteiger partial charge on any atom is 0.255 e. The van der Waals surface area contributed by atoms with Gasteiger partial charge in [0.2, 0.25) is 0 Å². The van der Waals surface area contributed by atoms with Crippen molar-refractivity contribution < 1.29 is 9.53 Å². The van der Waals surface area contributed by atoms with Crippen LogP contribution < -0.4 is 0 Å². The van der Waals surface area contributed by atoms with Crippen molar-refractivity contribution in [2.75, 3.05) is 25.4 Å². The lowest BCUT2D eigenvalue weighted by molar-refractivity contribution is -0.0229. The summed E-state index contributed by atoms with van der Waals surface area (Å²) < 4.78 is 5.90. The maximum absolute atomic E-state index is 13.0. The number of benzene rings is 2. The second-order valence-corrected chi connectivity index (χ2v) is 7.26. The first-order valence-electron chi connectivity index (χ1n) is 8.38. The standard InChI is InChI=1S/C20H23NO2S/c1-3-24-19-7-5-4-6-17(19)20(22)21-12-13-23-18(14-21)16-10-8-15(2)9-11-16/h4-11,18H,3,12-14H2,1-2H3. The van der Waals surface area contributed by atoms with Gasteiger partial charge in [0.25, 0.3) is 5.91 Å². The second kappa shape index (κ2) is 7.86. The first-order chi connectivity index (χ1) is 11.7. The molecule has 126 valence electrons. The molecule has 0 aliphatic carbocycles. The number of hydrogen-bond acceptors (Lipinski definition) is 3. The molecule has 1 fully saturated rings. The molecule has 1 atom stereocenters. The molecular weight excluding hydrogens is 318 g/mol. The van der Waals surface area contributed by atoms with Gasteiger partial charge in [-0.15, -0.1) is 11.8 Å². The minimum Gasteiger partial charge on any atom is -0.370 e. The molecule has 0 N–H and O–H groups in total. The number of thioether (sulfide) groups is 1. The van der Waals surface area contributed by atoms with Crippen LogP contribution in [-0.4, -0.2) is 36.3 Å². The summed E-state index contributed by atoms with van der Waals surface area (Å²) in [4.78, 5) is 16.0. The van der Waals surface area contributed by atoms with E-state index in [-0.39, 0.29) is 12.0 Å². The summed E-state index contributed by atoms with van der Waals surface area (Å²) in [6.45, 7) is 6.00. The van der Waals surface area contributed by atoms with Crippen molar-refractivity contribution in [1.29, 1.82) is 0 Å². The fourth-order valence-corrected chi connectivity index (χ4v) is 3.71. The Hall–Kier alpha value is -1.78. The highest BCUT2D eigenvalue weighted by Crippen LogP contribution is 2.27. The van der Waals surface area contributed by atoms with Gasteiger partial charge in [-0.2, -0.15) is 0 Å². The van der Waals surface area contributed by atoms with Gasteiger partial charge in [0.05, 0.1) is 18.7 Å². The van der Waals surface area contributed by atoms with E-state index < -0.39 is 0 Å². The third kappa shape index (κ3) is 3.82. The van der Waals surface area contributed by atoms with E-state index in [9.17, 15) is 4.79 Å². The number of nitrogens with zero attached hydrogens (tertiary/aromatic N) is 1. The Morgan fingerprint density at radius 2 is 1.96 bits per heavy atom. The molecule has 1 aliphatic heterocycles. The van der Waals surface area contributed by atoms with Crippen molar-refractivity contribution in [2.45, 2.75) is 24.8 Å². The van der Waals surface area contributed by atoms with Crippen LogP contribution in [0.25, 0.3) is 0 Å². The molecule has 3 nitrogen and oxygen atoms in total. The highest BCUT2D eigenvalue weighted by molar-refractivity contribution is 7.99. The molecule has 1 heterocycles. The molecular formula is C20H23NO2S. The van der Waals surface area contributed by atoms with Crippen LogP contribution in [0.2, 0.25) is 0 Å². The van der Waals surface area contributed by atoms with Crippen molar-refractivity contribution >= 4 is 17.7 Å². The summed E-state index contributed by atoms with van der Waals surface area (Å²) in [6.07, 6.45) is -0.0470. The molecule has 0 saturated carbocycles. The summed E-state index contributed by atoms with van der Waals surface area (Å²) >= 11 is 1.71. The minimum absolute atomic E-state index is 0.0470. The largest absolute Gasteiger partial charge is 0.370 e. The predicted molar refractivity (Wildman–Crippen MR) is 98.6 cm³/mol. The van der Waals surface area contributed by atoms with Crippen LogP contribution in [-0.2, 0) is 4.74 Å². The topological polar surface area (TPSA) is 29.5 Å². The van der Waals surface area contributed by atoms with Crippen LogP contribution in [0.4, 0.5) is 0 Å². The lowest BCUT2D eigenvalue weighted by Gasteiger charge is -2.33. The molecule has 1 saturated heterocycles. The Bertz CT molecular complexity index is 699. The van der Waals surface area contributed by atoms with E-state index in [0.29, 0.717) is 19.7 Å². The molecule has 1 aliphatic rings. The van der Waals surface area contributed by atoms with Crippen LogP contribution in [0.3, 0.4) is 0 Å². The lowest BCUT2D eigenvalue weighted by atomic mass is 10.1. The molecule has 3 rings (SSSR count). The van der Waals surface area contributed by atoms with Crippen LogP contribution >= 0.6 is 11.8 Å². The molecule has 0 aromatic heterocycles. The van der Waals surface area contributed by atoms with Crippen molar-refractivity contribution in [2.24, 2.45) is 0 Å². The molecule has 1 amide bonds. The molecule has 0 spiro atoms. The van der Waals surface area contributed by atoms with Crippen LogP contribution in [0.15, 0.2) is 53.4 Å². The average Bonchev–Trinajstić information content (AvgIpc) is 2.63. The summed E-state index contributed by atoms with van der Waals surface area (Å²) in [5, 5.41) is 0. The number of hydrogen-bond donors (Lipinski definition) is 0. The molecule has 0 radical (unpaired) electrons. The van der Waals surface area contributed by atoms with E-state index in [0.717, 1.165) is 21.8 Å². The number of rotatable bonds is 4. The Labute approximate surface area is 148 Å². The normalized spacial score (nSPS) is 17.8. The second-order valence-electron chi connectivity index (χ2n) is 5.95. The molecule has 1 unspecified atom stereocenters. The SMILES string of the molecule is CCSc1ccccc1C(=O)N1CCOC(c2ccc(C)cc2)C1. The number of carbonyl (C=O) groups excluding carboxylic acids is 1. The number of morpholine rings is 1. The number of aryl methyl sites for hydroxylation is 1. The molecule has 24 heavy (non-hydrogen) atoms. The Balaban J connectivity index is 1.77. The molecule has 0 bridgehead atoms. The fraction of sp³-hybridized carbons (Fsp3) is 0.350. The predicted octanol–water partition coefficient (Wildman–Crippen LogP) is 4.32. The van der Waals surface area contributed by atoms with E-state index in [2.05, 4.69) is 38.1 Å². The summed E-state index contributed by atoms with van der Waals surface area (Å²) in [6, 6.07) is 16.2. The van der Waals surface area contributed by atoms with E-state index >= 15 is 0 Å². The maximum atomic E-state index is 13.0. The van der Waals surface area contributed by atoms with Gasteiger partial charge >= 0.3 is 0 Å². The van der Waals surface area contributed by atoms with Gasteiger partial charge in [0.1, 0.15) is 6.10 Å². The van der Waals surface area contributed by atoms with Gasteiger partial charge < -0.3 is 9.64 Å². The van der Waals surface area contributed by atoms with E-state index in [1.54, 1.807) is 11.8 Å². The Morgan fingerprint density at radius 1 is 1.21 bits per heavy atom. The van der Waals surface area contributed by atoms with Crippen LogP contribution in [0, 0.1) is 6.92 Å². The van der Waals surface area contributed by atoms with E-state index in [1.807, 2.05) is 29.2 Å².